The Labute approximate surface area is 164 Å². The van der Waals surface area contributed by atoms with Gasteiger partial charge in [-0.05, 0) is 34.5 Å². The summed E-state index contributed by atoms with van der Waals surface area (Å²) in [6, 6.07) is 19.9. The van der Waals surface area contributed by atoms with E-state index in [1.54, 1.807) is 19.2 Å². The Kier molecular flexibility index (Phi) is 4.74. The average molecular weight is 374 g/mol. The molecule has 0 saturated carbocycles. The normalized spacial score (nSPS) is 16.2. The van der Waals surface area contributed by atoms with E-state index in [9.17, 15) is 4.79 Å². The minimum absolute atomic E-state index is 0.0985. The molecule has 3 aromatic carbocycles. The minimum Gasteiger partial charge on any atom is -0.497 e. The number of fused-ring (bicyclic) bond motifs is 1. The van der Waals surface area contributed by atoms with Gasteiger partial charge < -0.3 is 9.47 Å². The van der Waals surface area contributed by atoms with Crippen molar-refractivity contribution in [3.05, 3.63) is 71.8 Å². The molecule has 5 nitrogen and oxygen atoms in total. The maximum atomic E-state index is 12.3. The molecule has 1 aliphatic heterocycles. The Bertz CT molecular complexity index is 1070. The SMILES string of the molecule is COc1ccc(C2CC(c3ccc4ccccc4c3)=NN2C(C)=O)c(OC)c1. The predicted octanol–water partition coefficient (Wildman–Crippen LogP) is 4.55. The van der Waals surface area contributed by atoms with E-state index in [0.717, 1.165) is 22.2 Å². The zero-order valence-electron chi connectivity index (χ0n) is 16.2. The highest BCUT2D eigenvalue weighted by Crippen LogP contribution is 2.39. The van der Waals surface area contributed by atoms with Crippen molar-refractivity contribution in [2.75, 3.05) is 14.2 Å². The highest BCUT2D eigenvalue weighted by molar-refractivity contribution is 6.05. The van der Waals surface area contributed by atoms with Crippen LogP contribution in [0.1, 0.15) is 30.5 Å². The van der Waals surface area contributed by atoms with Crippen LogP contribution in [0.15, 0.2) is 65.8 Å². The summed E-state index contributed by atoms with van der Waals surface area (Å²) in [5.74, 6) is 1.30. The molecular weight excluding hydrogens is 352 g/mol. The summed E-state index contributed by atoms with van der Waals surface area (Å²) in [7, 11) is 3.24. The lowest BCUT2D eigenvalue weighted by Gasteiger charge is -2.22. The number of hydrazone groups is 1. The lowest BCUT2D eigenvalue weighted by Crippen LogP contribution is -2.24. The lowest BCUT2D eigenvalue weighted by molar-refractivity contribution is -0.130. The Balaban J connectivity index is 1.72. The van der Waals surface area contributed by atoms with Gasteiger partial charge in [0, 0.05) is 25.0 Å². The first-order chi connectivity index (χ1) is 13.6. The number of hydrogen-bond acceptors (Lipinski definition) is 4. The summed E-state index contributed by atoms with van der Waals surface area (Å²) >= 11 is 0. The third-order valence-electron chi connectivity index (χ3n) is 5.12. The van der Waals surface area contributed by atoms with E-state index in [1.807, 2.05) is 30.3 Å². The van der Waals surface area contributed by atoms with Crippen molar-refractivity contribution < 1.29 is 14.3 Å². The molecule has 0 spiro atoms. The van der Waals surface area contributed by atoms with Crippen molar-refractivity contribution in [2.24, 2.45) is 5.10 Å². The summed E-state index contributed by atoms with van der Waals surface area (Å²) in [4.78, 5) is 12.3. The molecule has 0 fully saturated rings. The second kappa shape index (κ2) is 7.35. The summed E-state index contributed by atoms with van der Waals surface area (Å²) in [6.07, 6.45) is 0.626. The van der Waals surface area contributed by atoms with Gasteiger partial charge in [0.25, 0.3) is 0 Å². The maximum Gasteiger partial charge on any atom is 0.240 e. The molecule has 1 aliphatic rings. The Morgan fingerprint density at radius 2 is 1.79 bits per heavy atom. The van der Waals surface area contributed by atoms with Crippen LogP contribution in [0.4, 0.5) is 0 Å². The smallest absolute Gasteiger partial charge is 0.240 e. The predicted molar refractivity (Wildman–Crippen MR) is 110 cm³/mol. The molecule has 0 saturated heterocycles. The molecule has 1 atom stereocenters. The molecule has 0 radical (unpaired) electrons. The van der Waals surface area contributed by atoms with Crippen molar-refractivity contribution in [2.45, 2.75) is 19.4 Å². The Hall–Kier alpha value is -3.34. The highest BCUT2D eigenvalue weighted by Gasteiger charge is 2.33. The number of hydrogen-bond donors (Lipinski definition) is 0. The van der Waals surface area contributed by atoms with E-state index in [1.165, 1.54) is 12.3 Å². The van der Waals surface area contributed by atoms with Gasteiger partial charge in [0.15, 0.2) is 0 Å². The van der Waals surface area contributed by atoms with Crippen molar-refractivity contribution in [1.29, 1.82) is 0 Å². The number of carbonyl (C=O) groups excluding carboxylic acids is 1. The molecule has 0 bridgehead atoms. The van der Waals surface area contributed by atoms with Gasteiger partial charge >= 0.3 is 0 Å². The molecule has 3 aromatic rings. The van der Waals surface area contributed by atoms with Gasteiger partial charge in [-0.15, -0.1) is 0 Å². The second-order valence-corrected chi connectivity index (χ2v) is 6.80. The van der Waals surface area contributed by atoms with Gasteiger partial charge in [-0.25, -0.2) is 5.01 Å². The Morgan fingerprint density at radius 1 is 1.00 bits per heavy atom. The largest absolute Gasteiger partial charge is 0.497 e. The standard InChI is InChI=1S/C23H22N2O3/c1-15(26)25-22(20-11-10-19(27-2)13-23(20)28-3)14-21(24-25)18-9-8-16-6-4-5-7-17(16)12-18/h4-13,22H,14H2,1-3H3. The molecule has 28 heavy (non-hydrogen) atoms. The fraction of sp³-hybridized carbons (Fsp3) is 0.217. The van der Waals surface area contributed by atoms with E-state index in [4.69, 9.17) is 9.47 Å². The van der Waals surface area contributed by atoms with E-state index < -0.39 is 0 Å². The minimum atomic E-state index is -0.208. The van der Waals surface area contributed by atoms with Gasteiger partial charge in [0.1, 0.15) is 11.5 Å². The number of methoxy groups -OCH3 is 2. The summed E-state index contributed by atoms with van der Waals surface area (Å²) < 4.78 is 10.8. The molecule has 1 heterocycles. The van der Waals surface area contributed by atoms with Crippen LogP contribution in [0.25, 0.3) is 10.8 Å². The number of nitrogens with zero attached hydrogens (tertiary/aromatic N) is 2. The molecule has 1 amide bonds. The van der Waals surface area contributed by atoms with Gasteiger partial charge in [0.05, 0.1) is 26.0 Å². The molecule has 0 aromatic heterocycles. The first-order valence-electron chi connectivity index (χ1n) is 9.19. The van der Waals surface area contributed by atoms with Crippen LogP contribution in [-0.2, 0) is 4.79 Å². The molecule has 142 valence electrons. The molecular formula is C23H22N2O3. The zero-order chi connectivity index (χ0) is 19.7. The van der Waals surface area contributed by atoms with E-state index in [2.05, 4.69) is 35.4 Å². The second-order valence-electron chi connectivity index (χ2n) is 6.80. The maximum absolute atomic E-state index is 12.3. The van der Waals surface area contributed by atoms with Gasteiger partial charge in [0.2, 0.25) is 5.91 Å². The van der Waals surface area contributed by atoms with Gasteiger partial charge in [-0.2, -0.15) is 5.10 Å². The first-order valence-corrected chi connectivity index (χ1v) is 9.19. The van der Waals surface area contributed by atoms with Crippen LogP contribution in [0.3, 0.4) is 0 Å². The van der Waals surface area contributed by atoms with Crippen LogP contribution < -0.4 is 9.47 Å². The van der Waals surface area contributed by atoms with Crippen LogP contribution in [-0.4, -0.2) is 30.8 Å². The lowest BCUT2D eigenvalue weighted by atomic mass is 9.96. The van der Waals surface area contributed by atoms with Crippen LogP contribution >= 0.6 is 0 Å². The van der Waals surface area contributed by atoms with Crippen LogP contribution in [0.2, 0.25) is 0 Å². The Morgan fingerprint density at radius 3 is 2.50 bits per heavy atom. The van der Waals surface area contributed by atoms with Crippen molar-refractivity contribution >= 4 is 22.4 Å². The van der Waals surface area contributed by atoms with E-state index in [-0.39, 0.29) is 11.9 Å². The fourth-order valence-corrected chi connectivity index (χ4v) is 3.68. The summed E-state index contributed by atoms with van der Waals surface area (Å²) in [5, 5.41) is 8.54. The van der Waals surface area contributed by atoms with Crippen molar-refractivity contribution in [3.63, 3.8) is 0 Å². The molecule has 0 aliphatic carbocycles. The van der Waals surface area contributed by atoms with Crippen LogP contribution in [0.5, 0.6) is 11.5 Å². The van der Waals surface area contributed by atoms with Crippen molar-refractivity contribution in [1.82, 2.24) is 5.01 Å². The van der Waals surface area contributed by atoms with E-state index in [0.29, 0.717) is 17.9 Å². The van der Waals surface area contributed by atoms with E-state index >= 15 is 0 Å². The number of benzene rings is 3. The zero-order valence-corrected chi connectivity index (χ0v) is 16.2. The monoisotopic (exact) mass is 374 g/mol. The molecule has 0 N–H and O–H groups in total. The molecule has 5 heteroatoms. The highest BCUT2D eigenvalue weighted by atomic mass is 16.5. The summed E-state index contributed by atoms with van der Waals surface area (Å²) in [5.41, 5.74) is 2.83. The number of ether oxygens (including phenoxy) is 2. The summed E-state index contributed by atoms with van der Waals surface area (Å²) in [6.45, 7) is 1.54. The third-order valence-corrected chi connectivity index (χ3v) is 5.12. The number of amides is 1. The quantitative estimate of drug-likeness (QED) is 0.673. The van der Waals surface area contributed by atoms with Crippen molar-refractivity contribution in [3.8, 4) is 11.5 Å². The molecule has 4 rings (SSSR count). The molecule has 1 unspecified atom stereocenters. The first kappa shape index (κ1) is 18.0. The number of carbonyl (C=O) groups is 1. The van der Waals surface area contributed by atoms with Crippen LogP contribution in [0, 0.1) is 0 Å². The topological polar surface area (TPSA) is 51.1 Å². The van der Waals surface area contributed by atoms with Gasteiger partial charge in [-0.1, -0.05) is 36.4 Å². The third kappa shape index (κ3) is 3.20. The fourth-order valence-electron chi connectivity index (χ4n) is 3.68. The number of rotatable bonds is 4. The average Bonchev–Trinajstić information content (AvgIpc) is 3.18. The van der Waals surface area contributed by atoms with Gasteiger partial charge in [-0.3, -0.25) is 4.79 Å².